The van der Waals surface area contributed by atoms with E-state index in [2.05, 4.69) is 0 Å². The Bertz CT molecular complexity index is 460. The summed E-state index contributed by atoms with van der Waals surface area (Å²) in [6.45, 7) is 5.56. The fourth-order valence-corrected chi connectivity index (χ4v) is 2.76. The van der Waals surface area contributed by atoms with E-state index in [-0.39, 0.29) is 23.7 Å². The maximum Gasteiger partial charge on any atom is 0.246 e. The fraction of sp³-hybridized carbons (Fsp3) is 0.706. The minimum Gasteiger partial charge on any atom is -0.338 e. The van der Waals surface area contributed by atoms with Gasteiger partial charge in [-0.1, -0.05) is 19.9 Å². The number of carbonyl (C=O) groups is 3. The number of carbonyl (C=O) groups excluding carboxylic acids is 3. The van der Waals surface area contributed by atoms with Crippen molar-refractivity contribution in [3.8, 4) is 0 Å². The molecule has 1 aliphatic heterocycles. The molecule has 0 bridgehead atoms. The number of hydrogen-bond donors (Lipinski definition) is 0. The minimum atomic E-state index is -0.410. The summed E-state index contributed by atoms with van der Waals surface area (Å²) in [7, 11) is 5.55. The smallest absolute Gasteiger partial charge is 0.246 e. The summed E-state index contributed by atoms with van der Waals surface area (Å²) in [6.07, 6.45) is 4.87. The van der Waals surface area contributed by atoms with E-state index in [0.717, 1.165) is 6.29 Å². The van der Waals surface area contributed by atoms with Gasteiger partial charge in [-0.25, -0.2) is 0 Å². The molecule has 23 heavy (non-hydrogen) atoms. The lowest BCUT2D eigenvalue weighted by Crippen LogP contribution is -2.45. The summed E-state index contributed by atoms with van der Waals surface area (Å²) in [5.74, 6) is -0.245. The Morgan fingerprint density at radius 1 is 1.26 bits per heavy atom. The van der Waals surface area contributed by atoms with Crippen molar-refractivity contribution in [2.75, 3.05) is 40.8 Å². The van der Waals surface area contributed by atoms with E-state index in [1.165, 1.54) is 4.90 Å². The molecule has 1 saturated heterocycles. The van der Waals surface area contributed by atoms with Crippen LogP contribution in [0, 0.1) is 11.8 Å². The first-order chi connectivity index (χ1) is 10.8. The molecule has 0 spiro atoms. The summed E-state index contributed by atoms with van der Waals surface area (Å²) in [6, 6.07) is -0.410. The van der Waals surface area contributed by atoms with Gasteiger partial charge in [0.15, 0.2) is 0 Å². The molecule has 0 aliphatic carbocycles. The number of likely N-dealkylation sites (N-methyl/N-ethyl adjacent to an activating group) is 2. The highest BCUT2D eigenvalue weighted by Crippen LogP contribution is 2.20. The van der Waals surface area contributed by atoms with Gasteiger partial charge < -0.3 is 19.5 Å². The Morgan fingerprint density at radius 2 is 1.91 bits per heavy atom. The molecular weight excluding hydrogens is 294 g/mol. The quantitative estimate of drug-likeness (QED) is 0.509. The Kier molecular flexibility index (Phi) is 7.42. The summed E-state index contributed by atoms with van der Waals surface area (Å²) in [5.41, 5.74) is 0. The largest absolute Gasteiger partial charge is 0.338 e. The van der Waals surface area contributed by atoms with Gasteiger partial charge in [0.1, 0.15) is 6.29 Å². The van der Waals surface area contributed by atoms with Crippen molar-refractivity contribution in [3.63, 3.8) is 0 Å². The zero-order chi connectivity index (χ0) is 17.6. The van der Waals surface area contributed by atoms with Crippen LogP contribution in [0.25, 0.3) is 0 Å². The van der Waals surface area contributed by atoms with Crippen molar-refractivity contribution < 1.29 is 14.4 Å². The fourth-order valence-electron chi connectivity index (χ4n) is 2.76. The second-order valence-electron chi connectivity index (χ2n) is 6.75. The molecule has 2 atom stereocenters. The van der Waals surface area contributed by atoms with E-state index >= 15 is 0 Å². The van der Waals surface area contributed by atoms with Crippen molar-refractivity contribution in [1.29, 1.82) is 0 Å². The third-order valence-corrected chi connectivity index (χ3v) is 4.20. The molecule has 6 nitrogen and oxygen atoms in total. The molecule has 1 heterocycles. The highest BCUT2D eigenvalue weighted by atomic mass is 16.2. The third kappa shape index (κ3) is 5.46. The summed E-state index contributed by atoms with van der Waals surface area (Å²) in [4.78, 5) is 41.0. The average molecular weight is 323 g/mol. The Labute approximate surface area is 139 Å². The summed E-state index contributed by atoms with van der Waals surface area (Å²) >= 11 is 0. The normalized spacial score (nSPS) is 19.6. The lowest BCUT2D eigenvalue weighted by molar-refractivity contribution is -0.139. The first kappa shape index (κ1) is 19.4. The van der Waals surface area contributed by atoms with Gasteiger partial charge in [0.25, 0.3) is 0 Å². The van der Waals surface area contributed by atoms with Gasteiger partial charge in [-0.2, -0.15) is 0 Å². The molecule has 2 unspecified atom stereocenters. The first-order valence-corrected chi connectivity index (χ1v) is 8.10. The van der Waals surface area contributed by atoms with E-state index in [9.17, 15) is 14.4 Å². The highest BCUT2D eigenvalue weighted by Gasteiger charge is 2.34. The van der Waals surface area contributed by atoms with Crippen LogP contribution in [0.2, 0.25) is 0 Å². The van der Waals surface area contributed by atoms with Crippen LogP contribution in [0.5, 0.6) is 0 Å². The predicted molar refractivity (Wildman–Crippen MR) is 89.8 cm³/mol. The van der Waals surface area contributed by atoms with Crippen molar-refractivity contribution in [1.82, 2.24) is 14.7 Å². The molecular formula is C17H29N3O3. The zero-order valence-electron chi connectivity index (χ0n) is 14.9. The van der Waals surface area contributed by atoms with Crippen molar-refractivity contribution in [3.05, 3.63) is 12.2 Å². The third-order valence-electron chi connectivity index (χ3n) is 4.20. The number of aldehydes is 1. The van der Waals surface area contributed by atoms with Gasteiger partial charge in [-0.15, -0.1) is 0 Å². The van der Waals surface area contributed by atoms with Crippen LogP contribution in [0.15, 0.2) is 12.2 Å². The van der Waals surface area contributed by atoms with Crippen LogP contribution in [0.3, 0.4) is 0 Å². The van der Waals surface area contributed by atoms with Gasteiger partial charge in [-0.05, 0) is 26.4 Å². The number of rotatable bonds is 7. The minimum absolute atomic E-state index is 0.0524. The highest BCUT2D eigenvalue weighted by molar-refractivity contribution is 5.89. The maximum absolute atomic E-state index is 12.5. The van der Waals surface area contributed by atoms with Crippen molar-refractivity contribution in [2.24, 2.45) is 11.8 Å². The Morgan fingerprint density at radius 3 is 2.43 bits per heavy atom. The van der Waals surface area contributed by atoms with Gasteiger partial charge in [0, 0.05) is 32.8 Å². The Balaban J connectivity index is 2.59. The monoisotopic (exact) mass is 323 g/mol. The van der Waals surface area contributed by atoms with Crippen LogP contribution in [-0.2, 0) is 14.4 Å². The van der Waals surface area contributed by atoms with E-state index in [1.54, 1.807) is 18.0 Å². The van der Waals surface area contributed by atoms with E-state index < -0.39 is 6.04 Å². The molecule has 6 heteroatoms. The molecule has 130 valence electrons. The van der Waals surface area contributed by atoms with Crippen LogP contribution in [-0.4, -0.2) is 79.6 Å². The second-order valence-corrected chi connectivity index (χ2v) is 6.75. The van der Waals surface area contributed by atoms with Gasteiger partial charge in [0.05, 0.1) is 12.0 Å². The van der Waals surface area contributed by atoms with Crippen LogP contribution < -0.4 is 0 Å². The number of hydrogen-bond acceptors (Lipinski definition) is 4. The van der Waals surface area contributed by atoms with Crippen molar-refractivity contribution in [2.45, 2.75) is 26.3 Å². The van der Waals surface area contributed by atoms with Gasteiger partial charge >= 0.3 is 0 Å². The number of amides is 2. The SMILES string of the molecule is CC(C)C(C=O)N(C)C(=O)C1CCN(C(=O)/C=C/CN(C)C)C1. The van der Waals surface area contributed by atoms with Crippen LogP contribution in [0.4, 0.5) is 0 Å². The van der Waals surface area contributed by atoms with Gasteiger partial charge in [-0.3, -0.25) is 9.59 Å². The lowest BCUT2D eigenvalue weighted by Gasteiger charge is -2.29. The first-order valence-electron chi connectivity index (χ1n) is 8.10. The lowest BCUT2D eigenvalue weighted by atomic mass is 10.0. The standard InChI is InChI=1S/C17H29N3O3/c1-13(2)15(12-21)19(5)17(23)14-8-10-20(11-14)16(22)7-6-9-18(3)4/h6-7,12-15H,8-11H2,1-5H3/b7-6+. The molecule has 1 fully saturated rings. The molecule has 0 aromatic carbocycles. The molecule has 0 radical (unpaired) electrons. The summed E-state index contributed by atoms with van der Waals surface area (Å²) in [5, 5.41) is 0. The second kappa shape index (κ2) is 8.82. The summed E-state index contributed by atoms with van der Waals surface area (Å²) < 4.78 is 0. The van der Waals surface area contributed by atoms with Crippen LogP contribution in [0.1, 0.15) is 20.3 Å². The zero-order valence-corrected chi connectivity index (χ0v) is 14.9. The molecule has 1 aliphatic rings. The predicted octanol–water partition coefficient (Wildman–Crippen LogP) is 0.635. The van der Waals surface area contributed by atoms with Crippen molar-refractivity contribution >= 4 is 18.1 Å². The molecule has 0 aromatic rings. The molecule has 0 N–H and O–H groups in total. The number of nitrogens with zero attached hydrogens (tertiary/aromatic N) is 3. The molecule has 0 aromatic heterocycles. The van der Waals surface area contributed by atoms with E-state index in [4.69, 9.17) is 0 Å². The van der Waals surface area contributed by atoms with Crippen LogP contribution >= 0.6 is 0 Å². The average Bonchev–Trinajstić information content (AvgIpc) is 2.96. The molecule has 2 amide bonds. The number of likely N-dealkylation sites (tertiary alicyclic amines) is 1. The maximum atomic E-state index is 12.5. The van der Waals surface area contributed by atoms with Gasteiger partial charge in [0.2, 0.25) is 11.8 Å². The van der Waals surface area contributed by atoms with E-state index in [1.807, 2.05) is 38.9 Å². The molecule has 1 rings (SSSR count). The Hall–Kier alpha value is -1.69. The molecule has 0 saturated carbocycles. The van der Waals surface area contributed by atoms with E-state index in [0.29, 0.717) is 26.1 Å². The topological polar surface area (TPSA) is 60.9 Å².